The number of aliphatic carboxylic acids is 2. The number of carboxylic acids is 2. The molecule has 0 aliphatic carbocycles. The summed E-state index contributed by atoms with van der Waals surface area (Å²) in [7, 11) is 0. The third-order valence-corrected chi connectivity index (χ3v) is 8.65. The highest BCUT2D eigenvalue weighted by molar-refractivity contribution is 9.11. The molecule has 2 rings (SSSR count). The van der Waals surface area contributed by atoms with Crippen molar-refractivity contribution in [2.45, 2.75) is 83.6 Å². The molecule has 0 radical (unpaired) electrons. The van der Waals surface area contributed by atoms with Gasteiger partial charge in [-0.25, -0.2) is 4.79 Å². The van der Waals surface area contributed by atoms with Crippen molar-refractivity contribution in [1.29, 1.82) is 0 Å². The van der Waals surface area contributed by atoms with Gasteiger partial charge in [-0.1, -0.05) is 58.0 Å². The van der Waals surface area contributed by atoms with Crippen LogP contribution in [-0.4, -0.2) is 87.8 Å². The van der Waals surface area contributed by atoms with Gasteiger partial charge in [0, 0.05) is 12.1 Å². The SMILES string of the molecule is CC(C)C[C@H](NC(=O)[C@@H](NC(=O)[C@@H](N)CCC(=O)O)C(C)C)C(=O)N[C@@H](Cc1ccccc1)[C@@H](O)C(=O)Nc1cc(Br)c(OCC(=O)O)c(Br)c1. The smallest absolute Gasteiger partial charge is 0.341 e. The molecule has 0 aliphatic rings. The number of carbonyl (C=O) groups is 6. The molecule has 51 heavy (non-hydrogen) atoms. The van der Waals surface area contributed by atoms with E-state index in [-0.39, 0.29) is 43.0 Å². The second-order valence-electron chi connectivity index (χ2n) is 12.7. The summed E-state index contributed by atoms with van der Waals surface area (Å²) in [4.78, 5) is 75.2. The molecule has 0 unspecified atom stereocenters. The molecule has 0 heterocycles. The second kappa shape index (κ2) is 20.7. The lowest BCUT2D eigenvalue weighted by Crippen LogP contribution is -2.59. The minimum Gasteiger partial charge on any atom is -0.481 e. The normalized spacial score (nSPS) is 14.1. The summed E-state index contributed by atoms with van der Waals surface area (Å²) >= 11 is 6.57. The van der Waals surface area contributed by atoms with E-state index < -0.39 is 78.4 Å². The van der Waals surface area contributed by atoms with E-state index in [0.717, 1.165) is 0 Å². The number of anilines is 1. The molecule has 280 valence electrons. The predicted octanol–water partition coefficient (Wildman–Crippen LogP) is 2.57. The standard InChI is InChI=1S/C34H45Br2N5O10/c1-17(2)12-25(40-33(49)28(18(3)4)41-31(47)23(37)10-11-26(42)43)32(48)39-24(13-19-8-6-5-7-9-19)29(46)34(50)38-20-14-21(35)30(22(36)15-20)51-16-27(44)45/h5-9,14-15,17-18,23-25,28-29,46H,10-13,16,37H2,1-4H3,(H,38,50)(H,39,48)(H,40,49)(H,41,47)(H,42,43)(H,44,45)/t23-,24-,25-,28-,29+/m0/s1. The van der Waals surface area contributed by atoms with Crippen LogP contribution in [0.5, 0.6) is 5.75 Å². The van der Waals surface area contributed by atoms with Gasteiger partial charge < -0.3 is 47.1 Å². The fraction of sp³-hybridized carbons (Fsp3) is 0.471. The van der Waals surface area contributed by atoms with Crippen molar-refractivity contribution in [1.82, 2.24) is 16.0 Å². The third kappa shape index (κ3) is 14.6. The molecule has 2 aromatic carbocycles. The largest absolute Gasteiger partial charge is 0.481 e. The Hall–Kier alpha value is -4.06. The highest BCUT2D eigenvalue weighted by atomic mass is 79.9. The Bertz CT molecular complexity index is 1520. The van der Waals surface area contributed by atoms with Gasteiger partial charge in [0.25, 0.3) is 5.91 Å². The number of nitrogens with two attached hydrogens (primary N) is 1. The van der Waals surface area contributed by atoms with Crippen molar-refractivity contribution < 1.29 is 48.8 Å². The van der Waals surface area contributed by atoms with Crippen LogP contribution in [-0.2, 0) is 35.2 Å². The molecule has 17 heteroatoms. The molecule has 0 spiro atoms. The summed E-state index contributed by atoms with van der Waals surface area (Å²) in [5.41, 5.74) is 6.76. The summed E-state index contributed by atoms with van der Waals surface area (Å²) in [5, 5.41) is 39.7. The molecule has 2 aromatic rings. The fourth-order valence-electron chi connectivity index (χ4n) is 4.87. The summed E-state index contributed by atoms with van der Waals surface area (Å²) in [6.07, 6.45) is -2.03. The minimum absolute atomic E-state index is 0.0395. The predicted molar refractivity (Wildman–Crippen MR) is 195 cm³/mol. The van der Waals surface area contributed by atoms with Gasteiger partial charge in [-0.05, 0) is 80.7 Å². The van der Waals surface area contributed by atoms with Gasteiger partial charge in [0.05, 0.1) is 21.0 Å². The van der Waals surface area contributed by atoms with E-state index in [9.17, 15) is 33.9 Å². The zero-order chi connectivity index (χ0) is 38.4. The number of ether oxygens (including phenoxy) is 1. The second-order valence-corrected chi connectivity index (χ2v) is 14.4. The van der Waals surface area contributed by atoms with Crippen LogP contribution in [0.3, 0.4) is 0 Å². The Morgan fingerprint density at radius 1 is 0.824 bits per heavy atom. The maximum Gasteiger partial charge on any atom is 0.341 e. The summed E-state index contributed by atoms with van der Waals surface area (Å²) in [6.45, 7) is 6.45. The van der Waals surface area contributed by atoms with Crippen LogP contribution >= 0.6 is 31.9 Å². The average Bonchev–Trinajstić information content (AvgIpc) is 3.04. The lowest BCUT2D eigenvalue weighted by atomic mass is 9.97. The topological polar surface area (TPSA) is 246 Å². The number of hydrogen-bond donors (Lipinski definition) is 8. The molecule has 0 saturated carbocycles. The zero-order valence-corrected chi connectivity index (χ0v) is 31.8. The lowest BCUT2D eigenvalue weighted by Gasteiger charge is -2.29. The number of carboxylic acid groups (broad SMARTS) is 2. The first-order valence-electron chi connectivity index (χ1n) is 16.1. The zero-order valence-electron chi connectivity index (χ0n) is 28.7. The molecule has 5 atom stereocenters. The maximum atomic E-state index is 13.8. The highest BCUT2D eigenvalue weighted by Gasteiger charge is 2.34. The van der Waals surface area contributed by atoms with Crippen LogP contribution in [0.25, 0.3) is 0 Å². The number of benzene rings is 2. The molecule has 0 aliphatic heterocycles. The molecule has 9 N–H and O–H groups in total. The summed E-state index contributed by atoms with van der Waals surface area (Å²) in [6, 6.07) is 7.18. The van der Waals surface area contributed by atoms with E-state index in [1.54, 1.807) is 44.2 Å². The van der Waals surface area contributed by atoms with Crippen molar-refractivity contribution in [3.8, 4) is 5.75 Å². The highest BCUT2D eigenvalue weighted by Crippen LogP contribution is 2.36. The number of carbonyl (C=O) groups excluding carboxylic acids is 4. The molecule has 4 amide bonds. The Morgan fingerprint density at radius 3 is 1.96 bits per heavy atom. The summed E-state index contributed by atoms with van der Waals surface area (Å²) in [5.74, 6) is -5.56. The van der Waals surface area contributed by atoms with Crippen molar-refractivity contribution in [2.75, 3.05) is 11.9 Å². The van der Waals surface area contributed by atoms with Gasteiger partial charge in [-0.3, -0.25) is 24.0 Å². The van der Waals surface area contributed by atoms with Gasteiger partial charge in [0.15, 0.2) is 12.7 Å². The van der Waals surface area contributed by atoms with E-state index in [2.05, 4.69) is 53.1 Å². The molecule has 15 nitrogen and oxygen atoms in total. The van der Waals surface area contributed by atoms with Gasteiger partial charge >= 0.3 is 11.9 Å². The fourth-order valence-corrected chi connectivity index (χ4v) is 6.28. The quantitative estimate of drug-likeness (QED) is 0.0963. The van der Waals surface area contributed by atoms with E-state index >= 15 is 0 Å². The monoisotopic (exact) mass is 841 g/mol. The molecule has 0 fully saturated rings. The van der Waals surface area contributed by atoms with Crippen molar-refractivity contribution in [3.63, 3.8) is 0 Å². The van der Waals surface area contributed by atoms with Crippen LogP contribution in [0, 0.1) is 11.8 Å². The van der Waals surface area contributed by atoms with Crippen LogP contribution in [0.1, 0.15) is 52.5 Å². The molecule has 0 saturated heterocycles. The third-order valence-electron chi connectivity index (χ3n) is 7.47. The first-order chi connectivity index (χ1) is 23.9. The van der Waals surface area contributed by atoms with E-state index in [4.69, 9.17) is 20.7 Å². The molecule has 0 aromatic heterocycles. The van der Waals surface area contributed by atoms with Crippen LogP contribution < -0.4 is 31.7 Å². The summed E-state index contributed by atoms with van der Waals surface area (Å²) < 4.78 is 5.90. The Labute approximate surface area is 312 Å². The minimum atomic E-state index is -1.78. The first-order valence-corrected chi connectivity index (χ1v) is 17.7. The lowest BCUT2D eigenvalue weighted by molar-refractivity contribution is -0.139. The van der Waals surface area contributed by atoms with Crippen molar-refractivity contribution in [2.24, 2.45) is 17.6 Å². The van der Waals surface area contributed by atoms with E-state index in [0.29, 0.717) is 14.5 Å². The number of halogens is 2. The Morgan fingerprint density at radius 2 is 1.43 bits per heavy atom. The van der Waals surface area contributed by atoms with E-state index in [1.807, 2.05) is 13.8 Å². The number of nitrogens with one attached hydrogen (secondary N) is 4. The van der Waals surface area contributed by atoms with Gasteiger partial charge in [0.2, 0.25) is 17.7 Å². The molecular formula is C34H45Br2N5O10. The van der Waals surface area contributed by atoms with Gasteiger partial charge in [0.1, 0.15) is 17.8 Å². The van der Waals surface area contributed by atoms with Crippen LogP contribution in [0.15, 0.2) is 51.4 Å². The number of hydrogen-bond acceptors (Lipinski definition) is 9. The molecular weight excluding hydrogens is 798 g/mol. The Kier molecular flexibility index (Phi) is 17.5. The van der Waals surface area contributed by atoms with E-state index in [1.165, 1.54) is 12.1 Å². The molecule has 0 bridgehead atoms. The van der Waals surface area contributed by atoms with Crippen molar-refractivity contribution >= 4 is 73.1 Å². The van der Waals surface area contributed by atoms with Crippen LogP contribution in [0.4, 0.5) is 5.69 Å². The number of amides is 4. The van der Waals surface area contributed by atoms with Gasteiger partial charge in [-0.2, -0.15) is 0 Å². The van der Waals surface area contributed by atoms with Crippen molar-refractivity contribution in [3.05, 3.63) is 57.0 Å². The Balaban J connectivity index is 2.30. The number of rotatable bonds is 20. The first kappa shape index (κ1) is 43.1. The number of aliphatic hydroxyl groups excluding tert-OH is 1. The van der Waals surface area contributed by atoms with Gasteiger partial charge in [-0.15, -0.1) is 0 Å². The van der Waals surface area contributed by atoms with Crippen LogP contribution in [0.2, 0.25) is 0 Å². The number of aliphatic hydroxyl groups is 1. The average molecular weight is 844 g/mol. The maximum absolute atomic E-state index is 13.8.